The summed E-state index contributed by atoms with van der Waals surface area (Å²) < 4.78 is 81.9. The maximum atomic E-state index is 12.4. The highest BCUT2D eigenvalue weighted by Crippen LogP contribution is 2.31. The summed E-state index contributed by atoms with van der Waals surface area (Å²) in [5, 5.41) is 6.07. The Balaban J connectivity index is 1.54. The number of hydrogen-bond donors (Lipinski definition) is 2. The van der Waals surface area contributed by atoms with E-state index < -0.39 is 12.7 Å². The van der Waals surface area contributed by atoms with E-state index >= 15 is 0 Å². The predicted octanol–water partition coefficient (Wildman–Crippen LogP) is 6.64. The number of hydrogen-bond acceptors (Lipinski definition) is 6. The van der Waals surface area contributed by atoms with E-state index in [0.717, 1.165) is 49.1 Å². The van der Waals surface area contributed by atoms with E-state index in [0.29, 0.717) is 17.2 Å². The van der Waals surface area contributed by atoms with E-state index in [4.69, 9.17) is 0 Å². The smallest absolute Gasteiger partial charge is 0.406 e. The highest BCUT2D eigenvalue weighted by atomic mass is 19.4. The van der Waals surface area contributed by atoms with Gasteiger partial charge < -0.3 is 20.1 Å². The molecule has 180 valence electrons. The predicted molar refractivity (Wildman–Crippen MR) is 111 cm³/mol. The van der Waals surface area contributed by atoms with Crippen molar-refractivity contribution in [1.82, 2.24) is 9.97 Å². The van der Waals surface area contributed by atoms with Gasteiger partial charge in [0.15, 0.2) is 0 Å². The maximum absolute atomic E-state index is 12.4. The molecule has 2 aromatic carbocycles. The summed E-state index contributed by atoms with van der Waals surface area (Å²) in [6.07, 6.45) is -6.23. The molecule has 0 aliphatic heterocycles. The van der Waals surface area contributed by atoms with Gasteiger partial charge in [0.05, 0.1) is 5.69 Å². The van der Waals surface area contributed by atoms with Crippen molar-refractivity contribution in [1.29, 1.82) is 0 Å². The number of fused-ring (bicyclic) bond motifs is 1. The number of nitrogens with one attached hydrogen (secondary N) is 2. The van der Waals surface area contributed by atoms with Crippen molar-refractivity contribution in [2.75, 3.05) is 10.6 Å². The largest absolute Gasteiger partial charge is 0.573 e. The van der Waals surface area contributed by atoms with Gasteiger partial charge in [-0.3, -0.25) is 0 Å². The first-order chi connectivity index (χ1) is 16.0. The zero-order chi connectivity index (χ0) is 24.3. The molecule has 6 nitrogen and oxygen atoms in total. The van der Waals surface area contributed by atoms with Crippen molar-refractivity contribution in [3.63, 3.8) is 0 Å². The highest BCUT2D eigenvalue weighted by Gasteiger charge is 2.31. The van der Waals surface area contributed by atoms with Gasteiger partial charge in [0, 0.05) is 16.9 Å². The lowest BCUT2D eigenvalue weighted by atomic mass is 9.96. The Morgan fingerprint density at radius 1 is 0.647 bits per heavy atom. The first-order valence-electron chi connectivity index (χ1n) is 10.2. The van der Waals surface area contributed by atoms with Crippen LogP contribution in [0.15, 0.2) is 48.5 Å². The van der Waals surface area contributed by atoms with Crippen LogP contribution >= 0.6 is 0 Å². The Bertz CT molecular complexity index is 1130. The summed E-state index contributed by atoms with van der Waals surface area (Å²) in [5.74, 6) is 0.0196. The van der Waals surface area contributed by atoms with Crippen LogP contribution in [0.1, 0.15) is 24.1 Å². The Kier molecular flexibility index (Phi) is 6.40. The minimum Gasteiger partial charge on any atom is -0.406 e. The number of ether oxygens (including phenoxy) is 2. The Morgan fingerprint density at radius 2 is 1.15 bits per heavy atom. The fourth-order valence-electron chi connectivity index (χ4n) is 3.50. The van der Waals surface area contributed by atoms with Gasteiger partial charge >= 0.3 is 12.7 Å². The van der Waals surface area contributed by atoms with Crippen LogP contribution in [0.25, 0.3) is 0 Å². The Labute approximate surface area is 189 Å². The molecule has 0 radical (unpaired) electrons. The zero-order valence-electron chi connectivity index (χ0n) is 17.4. The molecule has 3 aromatic rings. The molecule has 1 aliphatic rings. The van der Waals surface area contributed by atoms with E-state index in [-0.39, 0.29) is 17.4 Å². The lowest BCUT2D eigenvalue weighted by Crippen LogP contribution is -2.17. The summed E-state index contributed by atoms with van der Waals surface area (Å²) in [5.41, 5.74) is 2.67. The summed E-state index contributed by atoms with van der Waals surface area (Å²) >= 11 is 0. The third-order valence-corrected chi connectivity index (χ3v) is 4.88. The molecule has 2 N–H and O–H groups in total. The molecule has 4 rings (SSSR count). The second kappa shape index (κ2) is 9.27. The molecule has 1 heterocycles. The highest BCUT2D eigenvalue weighted by molar-refractivity contribution is 5.64. The Hall–Kier alpha value is -3.70. The minimum absolute atomic E-state index is 0.227. The molecule has 0 fully saturated rings. The van der Waals surface area contributed by atoms with Gasteiger partial charge in [0.25, 0.3) is 0 Å². The first kappa shape index (κ1) is 23.5. The number of aryl methyl sites for hydroxylation is 1. The third kappa shape index (κ3) is 6.42. The van der Waals surface area contributed by atoms with Gasteiger partial charge in [0.1, 0.15) is 17.3 Å². The molecule has 34 heavy (non-hydrogen) atoms. The number of alkyl halides is 6. The van der Waals surface area contributed by atoms with Crippen LogP contribution in [-0.2, 0) is 12.8 Å². The number of benzene rings is 2. The van der Waals surface area contributed by atoms with Crippen LogP contribution in [0.5, 0.6) is 11.5 Å². The van der Waals surface area contributed by atoms with Crippen LogP contribution in [0, 0.1) is 0 Å². The van der Waals surface area contributed by atoms with Crippen LogP contribution in [0.4, 0.5) is 49.5 Å². The van der Waals surface area contributed by atoms with E-state index in [1.807, 2.05) is 0 Å². The molecule has 0 atom stereocenters. The van der Waals surface area contributed by atoms with Crippen molar-refractivity contribution < 1.29 is 35.8 Å². The average molecular weight is 484 g/mol. The molecular formula is C22H18F6N4O2. The van der Waals surface area contributed by atoms with Crippen molar-refractivity contribution in [2.45, 2.75) is 38.4 Å². The number of anilines is 4. The van der Waals surface area contributed by atoms with Crippen molar-refractivity contribution >= 4 is 23.1 Å². The topological polar surface area (TPSA) is 68.3 Å². The SMILES string of the molecule is FC(F)(F)Oc1ccc(Nc2nc3c(c(Nc4ccc(OC(F)(F)F)cc4)n2)CCCC3)cc1. The molecule has 1 aliphatic carbocycles. The number of rotatable bonds is 6. The first-order valence-corrected chi connectivity index (χ1v) is 10.2. The summed E-state index contributed by atoms with van der Waals surface area (Å²) in [6, 6.07) is 10.4. The van der Waals surface area contributed by atoms with E-state index in [9.17, 15) is 26.3 Å². The summed E-state index contributed by atoms with van der Waals surface area (Å²) in [4.78, 5) is 9.01. The number of aromatic nitrogens is 2. The molecule has 12 heteroatoms. The van der Waals surface area contributed by atoms with Crippen LogP contribution in [0.3, 0.4) is 0 Å². The third-order valence-electron chi connectivity index (χ3n) is 4.88. The molecule has 0 bridgehead atoms. The van der Waals surface area contributed by atoms with Crippen molar-refractivity contribution in [3.05, 3.63) is 59.8 Å². The van der Waals surface area contributed by atoms with Crippen molar-refractivity contribution in [3.8, 4) is 11.5 Å². The van der Waals surface area contributed by atoms with Gasteiger partial charge in [-0.2, -0.15) is 4.98 Å². The zero-order valence-corrected chi connectivity index (χ0v) is 17.4. The van der Waals surface area contributed by atoms with Crippen LogP contribution in [0.2, 0.25) is 0 Å². The summed E-state index contributed by atoms with van der Waals surface area (Å²) in [6.45, 7) is 0. The molecule has 0 spiro atoms. The van der Waals surface area contributed by atoms with E-state index in [1.165, 1.54) is 36.4 Å². The van der Waals surface area contributed by atoms with Crippen molar-refractivity contribution in [2.24, 2.45) is 0 Å². The monoisotopic (exact) mass is 484 g/mol. The molecule has 0 amide bonds. The van der Waals surface area contributed by atoms with Gasteiger partial charge in [-0.1, -0.05) is 0 Å². The second-order valence-corrected chi connectivity index (χ2v) is 7.42. The van der Waals surface area contributed by atoms with Gasteiger partial charge in [-0.15, -0.1) is 26.3 Å². The molecule has 1 aromatic heterocycles. The van der Waals surface area contributed by atoms with E-state index in [2.05, 4.69) is 30.1 Å². The fourth-order valence-corrected chi connectivity index (χ4v) is 3.50. The molecule has 0 unspecified atom stereocenters. The van der Waals surface area contributed by atoms with Gasteiger partial charge in [0.2, 0.25) is 5.95 Å². The maximum Gasteiger partial charge on any atom is 0.573 e. The minimum atomic E-state index is -4.78. The molecular weight excluding hydrogens is 466 g/mol. The number of halogens is 6. The normalized spacial score (nSPS) is 13.7. The average Bonchev–Trinajstić information content (AvgIpc) is 2.74. The summed E-state index contributed by atoms with van der Waals surface area (Å²) in [7, 11) is 0. The van der Waals surface area contributed by atoms with Gasteiger partial charge in [-0.05, 0) is 74.2 Å². The Morgan fingerprint density at radius 3 is 1.68 bits per heavy atom. The standard InChI is InChI=1S/C22H18F6N4O2/c23-21(24,25)33-15-9-5-13(6-10-15)29-19-17-3-1-2-4-18(17)31-20(32-19)30-14-7-11-16(12-8-14)34-22(26,27)28/h5-12H,1-4H2,(H2,29,30,31,32). The van der Waals surface area contributed by atoms with Gasteiger partial charge in [-0.25, -0.2) is 4.98 Å². The van der Waals surface area contributed by atoms with Crippen LogP contribution in [-0.4, -0.2) is 22.7 Å². The number of nitrogens with zero attached hydrogens (tertiary/aromatic N) is 2. The quantitative estimate of drug-likeness (QED) is 0.383. The second-order valence-electron chi connectivity index (χ2n) is 7.42. The lowest BCUT2D eigenvalue weighted by molar-refractivity contribution is -0.275. The van der Waals surface area contributed by atoms with E-state index in [1.54, 1.807) is 0 Å². The fraction of sp³-hybridized carbons (Fsp3) is 0.273. The molecule has 0 saturated heterocycles. The lowest BCUT2D eigenvalue weighted by Gasteiger charge is -2.20. The van der Waals surface area contributed by atoms with Crippen LogP contribution < -0.4 is 20.1 Å². The molecule has 0 saturated carbocycles.